The summed E-state index contributed by atoms with van der Waals surface area (Å²) in [6.07, 6.45) is 2.45. The Morgan fingerprint density at radius 3 is 2.31 bits per heavy atom. The van der Waals surface area contributed by atoms with E-state index in [9.17, 15) is 8.78 Å². The SMILES string of the molecule is COC=Cc1c(F)cc(Br)cc1F. The van der Waals surface area contributed by atoms with E-state index >= 15 is 0 Å². The Kier molecular flexibility index (Phi) is 3.42. The fourth-order valence-corrected chi connectivity index (χ4v) is 1.25. The van der Waals surface area contributed by atoms with E-state index in [1.807, 2.05) is 0 Å². The molecule has 1 rings (SSSR count). The van der Waals surface area contributed by atoms with Gasteiger partial charge >= 0.3 is 0 Å². The van der Waals surface area contributed by atoms with Crippen LogP contribution in [0, 0.1) is 11.6 Å². The molecule has 0 aliphatic carbocycles. The van der Waals surface area contributed by atoms with E-state index in [0.717, 1.165) is 0 Å². The van der Waals surface area contributed by atoms with Crippen LogP contribution in [0.1, 0.15) is 5.56 Å². The lowest BCUT2D eigenvalue weighted by atomic mass is 10.2. The van der Waals surface area contributed by atoms with E-state index < -0.39 is 11.6 Å². The molecule has 0 amide bonds. The molecule has 0 aliphatic rings. The van der Waals surface area contributed by atoms with Crippen molar-refractivity contribution in [2.75, 3.05) is 7.11 Å². The number of methoxy groups -OCH3 is 1. The van der Waals surface area contributed by atoms with Crippen molar-refractivity contribution < 1.29 is 13.5 Å². The molecule has 13 heavy (non-hydrogen) atoms. The van der Waals surface area contributed by atoms with Gasteiger partial charge in [0, 0.05) is 10.0 Å². The first-order valence-corrected chi connectivity index (χ1v) is 4.28. The summed E-state index contributed by atoms with van der Waals surface area (Å²) in [5.74, 6) is -1.25. The molecule has 1 nitrogen and oxygen atoms in total. The third-order valence-corrected chi connectivity index (χ3v) is 1.87. The van der Waals surface area contributed by atoms with Gasteiger partial charge in [0.05, 0.1) is 13.4 Å². The predicted octanol–water partition coefficient (Wildman–Crippen LogP) is 3.34. The average Bonchev–Trinajstić information content (AvgIpc) is 2.02. The van der Waals surface area contributed by atoms with Crippen LogP contribution < -0.4 is 0 Å². The topological polar surface area (TPSA) is 9.23 Å². The molecule has 0 bridgehead atoms. The fourth-order valence-electron chi connectivity index (χ4n) is 0.849. The second-order valence-electron chi connectivity index (χ2n) is 2.32. The molecule has 1 aromatic rings. The molecule has 0 aromatic heterocycles. The van der Waals surface area contributed by atoms with Crippen LogP contribution in [-0.4, -0.2) is 7.11 Å². The van der Waals surface area contributed by atoms with Crippen LogP contribution in [0.3, 0.4) is 0 Å². The summed E-state index contributed by atoms with van der Waals surface area (Å²) in [5.41, 5.74) is -0.106. The second kappa shape index (κ2) is 4.37. The summed E-state index contributed by atoms with van der Waals surface area (Å²) in [6.45, 7) is 0. The first kappa shape index (κ1) is 10.2. The zero-order valence-electron chi connectivity index (χ0n) is 6.85. The van der Waals surface area contributed by atoms with Gasteiger partial charge in [-0.3, -0.25) is 0 Å². The Balaban J connectivity index is 3.13. The average molecular weight is 249 g/mol. The molecular weight excluding hydrogens is 242 g/mol. The van der Waals surface area contributed by atoms with Crippen molar-refractivity contribution in [1.29, 1.82) is 0 Å². The molecule has 0 heterocycles. The van der Waals surface area contributed by atoms with E-state index in [0.29, 0.717) is 4.47 Å². The number of hydrogen-bond donors (Lipinski definition) is 0. The van der Waals surface area contributed by atoms with Crippen molar-refractivity contribution >= 4 is 22.0 Å². The van der Waals surface area contributed by atoms with E-state index in [-0.39, 0.29) is 5.56 Å². The van der Waals surface area contributed by atoms with E-state index in [4.69, 9.17) is 0 Å². The molecule has 0 saturated heterocycles. The smallest absolute Gasteiger partial charge is 0.134 e. The van der Waals surface area contributed by atoms with Crippen molar-refractivity contribution in [3.63, 3.8) is 0 Å². The molecular formula is C9H7BrF2O. The molecule has 0 radical (unpaired) electrons. The van der Waals surface area contributed by atoms with Crippen molar-refractivity contribution in [3.05, 3.63) is 40.1 Å². The lowest BCUT2D eigenvalue weighted by molar-refractivity contribution is 0.341. The Morgan fingerprint density at radius 1 is 1.31 bits per heavy atom. The zero-order valence-corrected chi connectivity index (χ0v) is 8.44. The van der Waals surface area contributed by atoms with Gasteiger partial charge in [0.1, 0.15) is 11.6 Å². The number of rotatable bonds is 2. The highest BCUT2D eigenvalue weighted by Gasteiger charge is 2.06. The molecule has 0 fully saturated rings. The van der Waals surface area contributed by atoms with Crippen molar-refractivity contribution in [1.82, 2.24) is 0 Å². The number of benzene rings is 1. The van der Waals surface area contributed by atoms with Crippen LogP contribution in [0.5, 0.6) is 0 Å². The summed E-state index contributed by atoms with van der Waals surface area (Å²) in [5, 5.41) is 0. The summed E-state index contributed by atoms with van der Waals surface area (Å²) in [7, 11) is 1.41. The lowest BCUT2D eigenvalue weighted by Gasteiger charge is -1.99. The van der Waals surface area contributed by atoms with Gasteiger partial charge in [-0.15, -0.1) is 0 Å². The second-order valence-corrected chi connectivity index (χ2v) is 3.24. The van der Waals surface area contributed by atoms with Gasteiger partial charge in [-0.05, 0) is 18.2 Å². The highest BCUT2D eigenvalue weighted by atomic mass is 79.9. The quantitative estimate of drug-likeness (QED) is 0.730. The van der Waals surface area contributed by atoms with Crippen LogP contribution in [0.25, 0.3) is 6.08 Å². The lowest BCUT2D eigenvalue weighted by Crippen LogP contribution is -1.88. The molecule has 0 N–H and O–H groups in total. The van der Waals surface area contributed by atoms with Crippen LogP contribution in [0.15, 0.2) is 22.9 Å². The summed E-state index contributed by atoms with van der Waals surface area (Å²) in [6, 6.07) is 2.39. The Hall–Kier alpha value is -0.900. The standard InChI is InChI=1S/C9H7BrF2O/c1-13-3-2-7-8(11)4-6(10)5-9(7)12/h2-5H,1H3. The zero-order chi connectivity index (χ0) is 9.84. The summed E-state index contributed by atoms with van der Waals surface area (Å²) in [4.78, 5) is 0. The Bertz CT molecular complexity index is 313. The van der Waals surface area contributed by atoms with Gasteiger partial charge in [-0.25, -0.2) is 8.78 Å². The predicted molar refractivity (Wildman–Crippen MR) is 50.1 cm³/mol. The van der Waals surface area contributed by atoms with Crippen LogP contribution in [-0.2, 0) is 4.74 Å². The normalized spacial score (nSPS) is 10.8. The molecule has 0 aliphatic heterocycles. The highest BCUT2D eigenvalue weighted by molar-refractivity contribution is 9.10. The highest BCUT2D eigenvalue weighted by Crippen LogP contribution is 2.20. The summed E-state index contributed by atoms with van der Waals surface area (Å²) < 4.78 is 31.0. The Labute approximate surface area is 83.1 Å². The van der Waals surface area contributed by atoms with Crippen molar-refractivity contribution in [3.8, 4) is 0 Å². The van der Waals surface area contributed by atoms with Gasteiger partial charge in [0.25, 0.3) is 0 Å². The van der Waals surface area contributed by atoms with Gasteiger partial charge in [-0.1, -0.05) is 15.9 Å². The molecule has 4 heteroatoms. The molecule has 1 aromatic carbocycles. The minimum Gasteiger partial charge on any atom is -0.504 e. The van der Waals surface area contributed by atoms with E-state index in [2.05, 4.69) is 20.7 Å². The monoisotopic (exact) mass is 248 g/mol. The van der Waals surface area contributed by atoms with E-state index in [1.165, 1.54) is 31.6 Å². The van der Waals surface area contributed by atoms with Crippen molar-refractivity contribution in [2.45, 2.75) is 0 Å². The van der Waals surface area contributed by atoms with Gasteiger partial charge < -0.3 is 4.74 Å². The first-order chi connectivity index (χ1) is 6.15. The maximum atomic E-state index is 13.1. The largest absolute Gasteiger partial charge is 0.504 e. The minimum atomic E-state index is -0.625. The molecule has 0 unspecified atom stereocenters. The van der Waals surface area contributed by atoms with Gasteiger partial charge in [0.15, 0.2) is 0 Å². The van der Waals surface area contributed by atoms with Crippen LogP contribution >= 0.6 is 15.9 Å². The van der Waals surface area contributed by atoms with Gasteiger partial charge in [0.2, 0.25) is 0 Å². The van der Waals surface area contributed by atoms with Crippen LogP contribution in [0.4, 0.5) is 8.78 Å². The van der Waals surface area contributed by atoms with E-state index in [1.54, 1.807) is 0 Å². The Morgan fingerprint density at radius 2 is 1.85 bits per heavy atom. The third kappa shape index (κ3) is 2.52. The maximum absolute atomic E-state index is 13.1. The van der Waals surface area contributed by atoms with Crippen LogP contribution in [0.2, 0.25) is 0 Å². The van der Waals surface area contributed by atoms with Crippen molar-refractivity contribution in [2.24, 2.45) is 0 Å². The fraction of sp³-hybridized carbons (Fsp3) is 0.111. The molecule has 70 valence electrons. The number of halogens is 3. The molecule has 0 saturated carbocycles. The molecule has 0 atom stereocenters. The third-order valence-electron chi connectivity index (χ3n) is 1.41. The number of hydrogen-bond acceptors (Lipinski definition) is 1. The maximum Gasteiger partial charge on any atom is 0.134 e. The first-order valence-electron chi connectivity index (χ1n) is 3.49. The summed E-state index contributed by atoms with van der Waals surface area (Å²) >= 11 is 2.98. The minimum absolute atomic E-state index is 0.106. The van der Waals surface area contributed by atoms with Gasteiger partial charge in [-0.2, -0.15) is 0 Å². The molecule has 0 spiro atoms. The number of ether oxygens (including phenoxy) is 1.